The van der Waals surface area contributed by atoms with Crippen LogP contribution in [0.2, 0.25) is 5.02 Å². The van der Waals surface area contributed by atoms with Gasteiger partial charge in [0.1, 0.15) is 0 Å². The smallest absolute Gasteiger partial charge is 0.269 e. The summed E-state index contributed by atoms with van der Waals surface area (Å²) in [5.41, 5.74) is 2.55. The van der Waals surface area contributed by atoms with Crippen LogP contribution in [0.3, 0.4) is 0 Å². The first-order chi connectivity index (χ1) is 14.3. The fourth-order valence-electron chi connectivity index (χ4n) is 3.90. The van der Waals surface area contributed by atoms with Crippen molar-refractivity contribution in [3.63, 3.8) is 0 Å². The molecule has 10 heteroatoms. The molecule has 1 unspecified atom stereocenters. The third-order valence-electron chi connectivity index (χ3n) is 5.32. The number of hydrogen-bond acceptors (Lipinski definition) is 5. The van der Waals surface area contributed by atoms with Crippen molar-refractivity contribution in [1.82, 2.24) is 9.62 Å². The molecule has 0 radical (unpaired) electrons. The molecule has 2 aromatic rings. The summed E-state index contributed by atoms with van der Waals surface area (Å²) in [6, 6.07) is 11.3. The summed E-state index contributed by atoms with van der Waals surface area (Å²) in [6.45, 7) is 0. The minimum absolute atomic E-state index is 0.0592. The lowest BCUT2D eigenvalue weighted by atomic mass is 9.86. The zero-order valence-corrected chi connectivity index (χ0v) is 18.1. The number of thiocarbonyl (C=S) groups is 1. The van der Waals surface area contributed by atoms with E-state index < -0.39 is 21.0 Å². The van der Waals surface area contributed by atoms with Gasteiger partial charge in [0.05, 0.1) is 15.9 Å². The third-order valence-corrected chi connectivity index (χ3v) is 7.77. The van der Waals surface area contributed by atoms with Gasteiger partial charge in [0.25, 0.3) is 15.7 Å². The maximum absolute atomic E-state index is 13.6. The van der Waals surface area contributed by atoms with E-state index in [1.165, 1.54) is 28.6 Å². The Bertz CT molecular complexity index is 1150. The molecule has 7 nitrogen and oxygen atoms in total. The third kappa shape index (κ3) is 3.68. The highest BCUT2D eigenvalue weighted by molar-refractivity contribution is 7.91. The normalized spacial score (nSPS) is 19.3. The van der Waals surface area contributed by atoms with Gasteiger partial charge in [0.15, 0.2) is 5.11 Å². The van der Waals surface area contributed by atoms with E-state index in [-0.39, 0.29) is 15.7 Å². The summed E-state index contributed by atoms with van der Waals surface area (Å²) in [7, 11) is -4.07. The van der Waals surface area contributed by atoms with Crippen LogP contribution in [0, 0.1) is 10.1 Å². The average Bonchev–Trinajstić information content (AvgIpc) is 2.73. The lowest BCUT2D eigenvalue weighted by Gasteiger charge is -2.41. The van der Waals surface area contributed by atoms with Crippen molar-refractivity contribution in [1.29, 1.82) is 0 Å². The fourth-order valence-corrected chi connectivity index (χ4v) is 6.05. The van der Waals surface area contributed by atoms with Gasteiger partial charge in [0.2, 0.25) is 0 Å². The van der Waals surface area contributed by atoms with Gasteiger partial charge in [-0.05, 0) is 73.3 Å². The standard InChI is InChI=1S/C20H18ClN3O4S2/c21-14-7-5-13(6-8-14)19-17-3-1-2-4-18(17)22-20(29)23(19)30(27,28)16-11-9-15(10-12-16)24(25)26/h5-12,19H,1-4H2,(H,22,29). The minimum Gasteiger partial charge on any atom is -0.335 e. The van der Waals surface area contributed by atoms with Crippen molar-refractivity contribution in [3.05, 3.63) is 80.5 Å². The zero-order valence-electron chi connectivity index (χ0n) is 15.7. The number of non-ortho nitro benzene ring substituents is 1. The van der Waals surface area contributed by atoms with Gasteiger partial charge in [-0.15, -0.1) is 0 Å². The van der Waals surface area contributed by atoms with Crippen molar-refractivity contribution in [3.8, 4) is 0 Å². The van der Waals surface area contributed by atoms with Gasteiger partial charge in [-0.3, -0.25) is 10.1 Å². The van der Waals surface area contributed by atoms with Crippen molar-refractivity contribution in [2.24, 2.45) is 0 Å². The highest BCUT2D eigenvalue weighted by Crippen LogP contribution is 2.43. The van der Waals surface area contributed by atoms with Crippen LogP contribution in [0.15, 0.2) is 64.7 Å². The van der Waals surface area contributed by atoms with Crippen LogP contribution < -0.4 is 5.32 Å². The topological polar surface area (TPSA) is 92.5 Å². The summed E-state index contributed by atoms with van der Waals surface area (Å²) in [5, 5.41) is 14.7. The Morgan fingerprint density at radius 3 is 2.33 bits per heavy atom. The van der Waals surface area contributed by atoms with E-state index in [9.17, 15) is 18.5 Å². The first kappa shape index (κ1) is 20.8. The number of benzene rings is 2. The average molecular weight is 464 g/mol. The maximum atomic E-state index is 13.6. The predicted octanol–water partition coefficient (Wildman–Crippen LogP) is 4.70. The summed E-state index contributed by atoms with van der Waals surface area (Å²) < 4.78 is 28.4. The Morgan fingerprint density at radius 1 is 1.07 bits per heavy atom. The molecule has 2 aromatic carbocycles. The Kier molecular flexibility index (Phi) is 5.52. The highest BCUT2D eigenvalue weighted by atomic mass is 35.5. The molecule has 1 aliphatic heterocycles. The predicted molar refractivity (Wildman–Crippen MR) is 118 cm³/mol. The summed E-state index contributed by atoms with van der Waals surface area (Å²) >= 11 is 11.5. The van der Waals surface area contributed by atoms with Crippen LogP contribution in [-0.4, -0.2) is 22.8 Å². The molecule has 1 aliphatic carbocycles. The van der Waals surface area contributed by atoms with Crippen LogP contribution in [0.25, 0.3) is 0 Å². The lowest BCUT2D eigenvalue weighted by molar-refractivity contribution is -0.384. The summed E-state index contributed by atoms with van der Waals surface area (Å²) in [5.74, 6) is 0. The van der Waals surface area contributed by atoms with Gasteiger partial charge >= 0.3 is 0 Å². The van der Waals surface area contributed by atoms with Crippen LogP contribution in [0.5, 0.6) is 0 Å². The Hall–Kier alpha value is -2.49. The van der Waals surface area contributed by atoms with Crippen LogP contribution in [0.4, 0.5) is 5.69 Å². The molecule has 1 N–H and O–H groups in total. The van der Waals surface area contributed by atoms with Crippen LogP contribution in [0.1, 0.15) is 37.3 Å². The van der Waals surface area contributed by atoms with Gasteiger partial charge < -0.3 is 5.32 Å². The highest BCUT2D eigenvalue weighted by Gasteiger charge is 2.41. The van der Waals surface area contributed by atoms with Crippen LogP contribution in [-0.2, 0) is 10.0 Å². The van der Waals surface area contributed by atoms with Crippen molar-refractivity contribution >= 4 is 44.6 Å². The number of sulfonamides is 1. The van der Waals surface area contributed by atoms with E-state index in [0.717, 1.165) is 42.5 Å². The molecule has 156 valence electrons. The van der Waals surface area contributed by atoms with E-state index in [1.807, 2.05) is 0 Å². The number of halogens is 1. The molecule has 4 rings (SSSR count). The summed E-state index contributed by atoms with van der Waals surface area (Å²) in [6.07, 6.45) is 3.54. The number of nitrogens with one attached hydrogen (secondary N) is 1. The van der Waals surface area contributed by atoms with E-state index >= 15 is 0 Å². The largest absolute Gasteiger partial charge is 0.335 e. The molecular formula is C20H18ClN3O4S2. The Labute approximate surface area is 184 Å². The Balaban J connectivity index is 1.84. The maximum Gasteiger partial charge on any atom is 0.269 e. The minimum atomic E-state index is -4.07. The number of allylic oxidation sites excluding steroid dienone is 1. The lowest BCUT2D eigenvalue weighted by Crippen LogP contribution is -2.50. The second kappa shape index (κ2) is 7.98. The number of rotatable bonds is 4. The molecule has 0 bridgehead atoms. The molecule has 2 aliphatic rings. The van der Waals surface area contributed by atoms with E-state index in [1.54, 1.807) is 24.3 Å². The molecule has 0 amide bonds. The molecule has 0 aromatic heterocycles. The van der Waals surface area contributed by atoms with E-state index in [4.69, 9.17) is 23.8 Å². The van der Waals surface area contributed by atoms with Gasteiger partial charge in [0, 0.05) is 22.9 Å². The van der Waals surface area contributed by atoms with Gasteiger partial charge in [-0.2, -0.15) is 0 Å². The molecule has 1 atom stereocenters. The number of nitro benzene ring substituents is 1. The SMILES string of the molecule is O=[N+]([O-])c1ccc(S(=O)(=O)N2C(=S)NC3=C(CCCC3)C2c2ccc(Cl)cc2)cc1. The first-order valence-electron chi connectivity index (χ1n) is 9.36. The van der Waals surface area contributed by atoms with E-state index in [2.05, 4.69) is 5.32 Å². The monoisotopic (exact) mass is 463 g/mol. The molecule has 30 heavy (non-hydrogen) atoms. The van der Waals surface area contributed by atoms with Crippen molar-refractivity contribution < 1.29 is 13.3 Å². The quantitative estimate of drug-likeness (QED) is 0.401. The number of nitrogens with zero attached hydrogens (tertiary/aromatic N) is 2. The molecule has 0 saturated carbocycles. The van der Waals surface area contributed by atoms with Gasteiger partial charge in [-0.1, -0.05) is 23.7 Å². The van der Waals surface area contributed by atoms with Crippen molar-refractivity contribution in [2.75, 3.05) is 0 Å². The second-order valence-corrected chi connectivity index (χ2v) is 9.79. The number of nitro groups is 1. The first-order valence-corrected chi connectivity index (χ1v) is 11.6. The van der Waals surface area contributed by atoms with Gasteiger partial charge in [-0.25, -0.2) is 12.7 Å². The molecule has 1 heterocycles. The van der Waals surface area contributed by atoms with Crippen LogP contribution >= 0.6 is 23.8 Å². The molecule has 0 saturated heterocycles. The number of hydrogen-bond donors (Lipinski definition) is 1. The molecular weight excluding hydrogens is 446 g/mol. The van der Waals surface area contributed by atoms with Crippen molar-refractivity contribution in [2.45, 2.75) is 36.6 Å². The fraction of sp³-hybridized carbons (Fsp3) is 0.250. The van der Waals surface area contributed by atoms with E-state index in [0.29, 0.717) is 5.02 Å². The zero-order chi connectivity index (χ0) is 21.5. The second-order valence-electron chi connectivity index (χ2n) is 7.15. The molecule has 0 spiro atoms. The Morgan fingerprint density at radius 2 is 1.70 bits per heavy atom. The summed E-state index contributed by atoms with van der Waals surface area (Å²) in [4.78, 5) is 10.3. The molecule has 0 fully saturated rings.